The number of hydrogen-bond donors (Lipinski definition) is 1. The highest BCUT2D eigenvalue weighted by molar-refractivity contribution is 7.98. The number of nitrogens with one attached hydrogen (secondary N) is 1. The zero-order chi connectivity index (χ0) is 10.4. The predicted octanol–water partition coefficient (Wildman–Crippen LogP) is 3.81. The SMILES string of the molecule is CSCCCNC(C)c1ccc(Cl)s1. The van der Waals surface area contributed by atoms with Gasteiger partial charge in [-0.15, -0.1) is 11.3 Å². The van der Waals surface area contributed by atoms with Crippen LogP contribution in [0.2, 0.25) is 4.34 Å². The Bertz CT molecular complexity index is 262. The largest absolute Gasteiger partial charge is 0.309 e. The van der Waals surface area contributed by atoms with E-state index in [-0.39, 0.29) is 0 Å². The van der Waals surface area contributed by atoms with E-state index in [1.165, 1.54) is 17.1 Å². The van der Waals surface area contributed by atoms with Crippen LogP contribution in [0.1, 0.15) is 24.3 Å². The molecule has 1 aromatic heterocycles. The molecule has 1 N–H and O–H groups in total. The van der Waals surface area contributed by atoms with Crippen molar-refractivity contribution in [2.24, 2.45) is 0 Å². The van der Waals surface area contributed by atoms with Crippen molar-refractivity contribution in [3.05, 3.63) is 21.3 Å². The third-order valence-corrected chi connectivity index (χ3v) is 4.11. The monoisotopic (exact) mass is 249 g/mol. The first kappa shape index (κ1) is 12.4. The van der Waals surface area contributed by atoms with Crippen LogP contribution >= 0.6 is 34.7 Å². The third kappa shape index (κ3) is 4.22. The second kappa shape index (κ2) is 6.72. The lowest BCUT2D eigenvalue weighted by molar-refractivity contribution is 0.580. The summed E-state index contributed by atoms with van der Waals surface area (Å²) in [5.74, 6) is 1.23. The maximum Gasteiger partial charge on any atom is 0.0931 e. The van der Waals surface area contributed by atoms with E-state index < -0.39 is 0 Å². The Morgan fingerprint density at radius 3 is 2.93 bits per heavy atom. The van der Waals surface area contributed by atoms with Gasteiger partial charge in [0.2, 0.25) is 0 Å². The van der Waals surface area contributed by atoms with Gasteiger partial charge < -0.3 is 5.32 Å². The standard InChI is InChI=1S/C10H16ClNS2/c1-8(12-6-3-7-13-2)9-4-5-10(11)14-9/h4-5,8,12H,3,6-7H2,1-2H3. The number of thioether (sulfide) groups is 1. The topological polar surface area (TPSA) is 12.0 Å². The van der Waals surface area contributed by atoms with Crippen molar-refractivity contribution in [2.45, 2.75) is 19.4 Å². The van der Waals surface area contributed by atoms with Crippen LogP contribution in [0.5, 0.6) is 0 Å². The van der Waals surface area contributed by atoms with Crippen molar-refractivity contribution in [3.63, 3.8) is 0 Å². The summed E-state index contributed by atoms with van der Waals surface area (Å²) in [6.07, 6.45) is 3.37. The van der Waals surface area contributed by atoms with Gasteiger partial charge in [0.25, 0.3) is 0 Å². The highest BCUT2D eigenvalue weighted by atomic mass is 35.5. The van der Waals surface area contributed by atoms with E-state index in [0.29, 0.717) is 6.04 Å². The van der Waals surface area contributed by atoms with Crippen LogP contribution in [0.4, 0.5) is 0 Å². The molecule has 0 aliphatic heterocycles. The average Bonchev–Trinajstić information content (AvgIpc) is 2.59. The molecule has 1 atom stereocenters. The van der Waals surface area contributed by atoms with Gasteiger partial charge in [-0.05, 0) is 44.0 Å². The minimum atomic E-state index is 0.425. The van der Waals surface area contributed by atoms with Gasteiger partial charge in [-0.3, -0.25) is 0 Å². The van der Waals surface area contributed by atoms with Gasteiger partial charge in [-0.1, -0.05) is 11.6 Å². The summed E-state index contributed by atoms with van der Waals surface area (Å²) in [7, 11) is 0. The Hall–Kier alpha value is 0.300. The summed E-state index contributed by atoms with van der Waals surface area (Å²) in [6, 6.07) is 4.48. The summed E-state index contributed by atoms with van der Waals surface area (Å²) in [4.78, 5) is 1.32. The molecule has 0 bridgehead atoms. The Morgan fingerprint density at radius 2 is 2.36 bits per heavy atom. The molecule has 0 aliphatic carbocycles. The summed E-state index contributed by atoms with van der Waals surface area (Å²) in [5.41, 5.74) is 0. The maximum atomic E-state index is 5.88. The van der Waals surface area contributed by atoms with Crippen molar-refractivity contribution in [1.82, 2.24) is 5.32 Å². The van der Waals surface area contributed by atoms with Crippen LogP contribution in [0, 0.1) is 0 Å². The van der Waals surface area contributed by atoms with E-state index in [0.717, 1.165) is 10.9 Å². The zero-order valence-corrected chi connectivity index (χ0v) is 10.9. The molecule has 0 radical (unpaired) electrons. The molecule has 0 aliphatic rings. The minimum Gasteiger partial charge on any atom is -0.309 e. The first-order chi connectivity index (χ1) is 6.74. The fourth-order valence-corrected chi connectivity index (χ4v) is 2.72. The first-order valence-electron chi connectivity index (χ1n) is 4.71. The fourth-order valence-electron chi connectivity index (χ4n) is 1.20. The van der Waals surface area contributed by atoms with Crippen molar-refractivity contribution < 1.29 is 0 Å². The molecule has 0 saturated carbocycles. The molecular formula is C10H16ClNS2. The lowest BCUT2D eigenvalue weighted by atomic mass is 10.2. The van der Waals surface area contributed by atoms with Gasteiger partial charge in [0.15, 0.2) is 0 Å². The van der Waals surface area contributed by atoms with Crippen molar-refractivity contribution in [1.29, 1.82) is 0 Å². The molecule has 1 aromatic rings. The molecule has 0 aromatic carbocycles. The molecule has 0 amide bonds. The Kier molecular flexibility index (Phi) is 5.94. The van der Waals surface area contributed by atoms with Crippen LogP contribution in [0.15, 0.2) is 12.1 Å². The van der Waals surface area contributed by atoms with Gasteiger partial charge in [-0.25, -0.2) is 0 Å². The molecule has 80 valence electrons. The molecule has 14 heavy (non-hydrogen) atoms. The van der Waals surface area contributed by atoms with Gasteiger partial charge in [0.05, 0.1) is 4.34 Å². The van der Waals surface area contributed by atoms with Gasteiger partial charge in [0, 0.05) is 10.9 Å². The van der Waals surface area contributed by atoms with Crippen LogP contribution < -0.4 is 5.32 Å². The predicted molar refractivity (Wildman–Crippen MR) is 68.7 cm³/mol. The van der Waals surface area contributed by atoms with Crippen LogP contribution in [-0.2, 0) is 0 Å². The fraction of sp³-hybridized carbons (Fsp3) is 0.600. The minimum absolute atomic E-state index is 0.425. The van der Waals surface area contributed by atoms with Crippen LogP contribution in [0.3, 0.4) is 0 Å². The summed E-state index contributed by atoms with van der Waals surface area (Å²) in [5, 5.41) is 3.49. The van der Waals surface area contributed by atoms with Gasteiger partial charge >= 0.3 is 0 Å². The van der Waals surface area contributed by atoms with Crippen molar-refractivity contribution in [2.75, 3.05) is 18.6 Å². The summed E-state index contributed by atoms with van der Waals surface area (Å²) >= 11 is 9.43. The molecule has 1 heterocycles. The molecule has 1 unspecified atom stereocenters. The maximum absolute atomic E-state index is 5.88. The zero-order valence-electron chi connectivity index (χ0n) is 8.55. The highest BCUT2D eigenvalue weighted by Gasteiger charge is 2.06. The second-order valence-corrected chi connectivity index (χ2v) is 5.90. The first-order valence-corrected chi connectivity index (χ1v) is 7.30. The van der Waals surface area contributed by atoms with Crippen LogP contribution in [-0.4, -0.2) is 18.6 Å². The molecule has 1 nitrogen and oxygen atoms in total. The summed E-state index contributed by atoms with van der Waals surface area (Å²) in [6.45, 7) is 3.26. The second-order valence-electron chi connectivity index (χ2n) is 3.16. The normalized spacial score (nSPS) is 13.1. The molecule has 0 fully saturated rings. The van der Waals surface area contributed by atoms with E-state index in [1.54, 1.807) is 11.3 Å². The molecular weight excluding hydrogens is 234 g/mol. The Morgan fingerprint density at radius 1 is 1.57 bits per heavy atom. The Balaban J connectivity index is 2.25. The van der Waals surface area contributed by atoms with Crippen molar-refractivity contribution in [3.8, 4) is 0 Å². The quantitative estimate of drug-likeness (QED) is 0.770. The number of halogens is 1. The average molecular weight is 250 g/mol. The third-order valence-electron chi connectivity index (χ3n) is 2.00. The number of thiophene rings is 1. The van der Waals surface area contributed by atoms with E-state index in [1.807, 2.05) is 17.8 Å². The Labute approximate surface area is 99.2 Å². The number of rotatable bonds is 6. The lowest BCUT2D eigenvalue weighted by Gasteiger charge is -2.11. The molecule has 1 rings (SSSR count). The van der Waals surface area contributed by atoms with E-state index in [4.69, 9.17) is 11.6 Å². The van der Waals surface area contributed by atoms with E-state index in [9.17, 15) is 0 Å². The molecule has 0 saturated heterocycles. The smallest absolute Gasteiger partial charge is 0.0931 e. The van der Waals surface area contributed by atoms with Crippen molar-refractivity contribution >= 4 is 34.7 Å². The lowest BCUT2D eigenvalue weighted by Crippen LogP contribution is -2.19. The van der Waals surface area contributed by atoms with Crippen LogP contribution in [0.25, 0.3) is 0 Å². The summed E-state index contributed by atoms with van der Waals surface area (Å²) < 4.78 is 0.873. The van der Waals surface area contributed by atoms with E-state index in [2.05, 4.69) is 24.6 Å². The van der Waals surface area contributed by atoms with E-state index >= 15 is 0 Å². The molecule has 0 spiro atoms. The molecule has 4 heteroatoms. The number of hydrogen-bond acceptors (Lipinski definition) is 3. The van der Waals surface area contributed by atoms with Gasteiger partial charge in [-0.2, -0.15) is 11.8 Å². The highest BCUT2D eigenvalue weighted by Crippen LogP contribution is 2.26. The van der Waals surface area contributed by atoms with Gasteiger partial charge in [0.1, 0.15) is 0 Å².